The molecule has 1 N–H and O–H groups in total. The van der Waals surface area contributed by atoms with Gasteiger partial charge in [0, 0.05) is 19.6 Å². The molecule has 2 atom stereocenters. The molecule has 0 saturated heterocycles. The maximum absolute atomic E-state index is 8.81. The van der Waals surface area contributed by atoms with Gasteiger partial charge in [0.2, 0.25) is 0 Å². The lowest BCUT2D eigenvalue weighted by atomic mass is 9.95. The van der Waals surface area contributed by atoms with E-state index < -0.39 is 0 Å². The van der Waals surface area contributed by atoms with Crippen molar-refractivity contribution >= 4 is 0 Å². The van der Waals surface area contributed by atoms with Crippen LogP contribution in [-0.2, 0) is 4.74 Å². The maximum atomic E-state index is 8.81. The first-order valence-electron chi connectivity index (χ1n) is 3.77. The van der Waals surface area contributed by atoms with Crippen LogP contribution in [0.1, 0.15) is 20.8 Å². The highest BCUT2D eigenvalue weighted by Gasteiger charge is 2.18. The van der Waals surface area contributed by atoms with E-state index in [0.717, 1.165) is 0 Å². The van der Waals surface area contributed by atoms with Crippen LogP contribution < -0.4 is 0 Å². The summed E-state index contributed by atoms with van der Waals surface area (Å²) in [4.78, 5) is 0. The average molecular weight is 146 g/mol. The molecule has 0 radical (unpaired) electrons. The Balaban J connectivity index is 3.80. The van der Waals surface area contributed by atoms with E-state index in [0.29, 0.717) is 5.92 Å². The Bertz CT molecular complexity index is 81.3. The number of methoxy groups -OCH3 is 1. The van der Waals surface area contributed by atoms with Crippen LogP contribution in [0, 0.1) is 11.8 Å². The quantitative estimate of drug-likeness (QED) is 0.647. The molecule has 0 aliphatic rings. The van der Waals surface area contributed by atoms with Crippen molar-refractivity contribution in [3.63, 3.8) is 0 Å². The minimum atomic E-state index is 0.185. The summed E-state index contributed by atoms with van der Waals surface area (Å²) in [5.74, 6) is 0.720. The fourth-order valence-electron chi connectivity index (χ4n) is 1.27. The zero-order valence-electron chi connectivity index (χ0n) is 7.29. The molecule has 2 heteroatoms. The molecule has 62 valence electrons. The lowest BCUT2D eigenvalue weighted by Crippen LogP contribution is -2.28. The predicted molar refractivity (Wildman–Crippen MR) is 41.9 cm³/mol. The smallest absolute Gasteiger partial charge is 0.0641 e. The van der Waals surface area contributed by atoms with Crippen LogP contribution in [0.3, 0.4) is 0 Å². The van der Waals surface area contributed by atoms with Gasteiger partial charge in [-0.15, -0.1) is 0 Å². The van der Waals surface area contributed by atoms with Crippen LogP contribution >= 0.6 is 0 Å². The first-order valence-corrected chi connectivity index (χ1v) is 3.77. The molecule has 0 fully saturated rings. The summed E-state index contributed by atoms with van der Waals surface area (Å²) in [5.41, 5.74) is 0. The molecule has 0 aliphatic carbocycles. The van der Waals surface area contributed by atoms with E-state index in [2.05, 4.69) is 13.8 Å². The largest absolute Gasteiger partial charge is 0.396 e. The fraction of sp³-hybridized carbons (Fsp3) is 1.00. The molecule has 0 saturated carbocycles. The molecule has 0 aromatic carbocycles. The second-order valence-corrected chi connectivity index (χ2v) is 3.10. The number of hydrogen-bond acceptors (Lipinski definition) is 2. The van der Waals surface area contributed by atoms with Crippen molar-refractivity contribution in [1.82, 2.24) is 0 Å². The average Bonchev–Trinajstić information content (AvgIpc) is 1.88. The van der Waals surface area contributed by atoms with Gasteiger partial charge in [0.1, 0.15) is 0 Å². The molecule has 0 spiro atoms. The number of aliphatic hydroxyl groups excluding tert-OH is 1. The number of rotatable bonds is 4. The molecule has 0 aromatic rings. The van der Waals surface area contributed by atoms with Crippen molar-refractivity contribution in [3.8, 4) is 0 Å². The first kappa shape index (κ1) is 9.92. The van der Waals surface area contributed by atoms with Gasteiger partial charge in [0.15, 0.2) is 0 Å². The fourth-order valence-corrected chi connectivity index (χ4v) is 1.27. The van der Waals surface area contributed by atoms with Gasteiger partial charge in [-0.25, -0.2) is 0 Å². The molecule has 2 unspecified atom stereocenters. The second-order valence-electron chi connectivity index (χ2n) is 3.10. The Morgan fingerprint density at radius 2 is 1.80 bits per heavy atom. The SMILES string of the molecule is COC(C(C)C)C(C)CO. The Kier molecular flexibility index (Phi) is 4.65. The second kappa shape index (κ2) is 4.69. The summed E-state index contributed by atoms with van der Waals surface area (Å²) in [6.45, 7) is 6.39. The van der Waals surface area contributed by atoms with Crippen LogP contribution in [0.4, 0.5) is 0 Å². The molecule has 0 bridgehead atoms. The third-order valence-electron chi connectivity index (χ3n) is 1.78. The van der Waals surface area contributed by atoms with Crippen molar-refractivity contribution in [2.45, 2.75) is 26.9 Å². The van der Waals surface area contributed by atoms with E-state index in [1.807, 2.05) is 6.92 Å². The van der Waals surface area contributed by atoms with Gasteiger partial charge < -0.3 is 9.84 Å². The van der Waals surface area contributed by atoms with Gasteiger partial charge in [-0.1, -0.05) is 20.8 Å². The summed E-state index contributed by atoms with van der Waals surface area (Å²) in [5, 5.41) is 8.81. The lowest BCUT2D eigenvalue weighted by molar-refractivity contribution is 0.00318. The Morgan fingerprint density at radius 3 is 1.90 bits per heavy atom. The van der Waals surface area contributed by atoms with Crippen LogP contribution in [-0.4, -0.2) is 24.9 Å². The molecule has 0 rings (SSSR count). The first-order chi connectivity index (χ1) is 4.63. The topological polar surface area (TPSA) is 29.5 Å². The van der Waals surface area contributed by atoms with Crippen LogP contribution in [0.25, 0.3) is 0 Å². The van der Waals surface area contributed by atoms with Gasteiger partial charge in [0.25, 0.3) is 0 Å². The summed E-state index contributed by atoms with van der Waals surface area (Å²) >= 11 is 0. The molecule has 2 nitrogen and oxygen atoms in total. The van der Waals surface area contributed by atoms with E-state index >= 15 is 0 Å². The van der Waals surface area contributed by atoms with Crippen molar-refractivity contribution < 1.29 is 9.84 Å². The number of aliphatic hydroxyl groups is 1. The van der Waals surface area contributed by atoms with Gasteiger partial charge in [-0.3, -0.25) is 0 Å². The third-order valence-corrected chi connectivity index (χ3v) is 1.78. The number of hydrogen-bond donors (Lipinski definition) is 1. The zero-order valence-corrected chi connectivity index (χ0v) is 7.29. The summed E-state index contributed by atoms with van der Waals surface area (Å²) in [6, 6.07) is 0. The summed E-state index contributed by atoms with van der Waals surface area (Å²) < 4.78 is 5.20. The Morgan fingerprint density at radius 1 is 1.30 bits per heavy atom. The standard InChI is InChI=1S/C8H18O2/c1-6(2)8(10-4)7(3)5-9/h6-9H,5H2,1-4H3. The van der Waals surface area contributed by atoms with Crippen molar-refractivity contribution in [3.05, 3.63) is 0 Å². The molecular weight excluding hydrogens is 128 g/mol. The van der Waals surface area contributed by atoms with Gasteiger partial charge in [-0.2, -0.15) is 0 Å². The Labute approximate surface area is 63.2 Å². The summed E-state index contributed by atoms with van der Waals surface area (Å²) in [7, 11) is 1.69. The molecule has 0 aliphatic heterocycles. The molecule has 0 aromatic heterocycles. The Hall–Kier alpha value is -0.0800. The number of ether oxygens (including phenoxy) is 1. The van der Waals surface area contributed by atoms with E-state index in [1.165, 1.54) is 0 Å². The minimum absolute atomic E-state index is 0.185. The highest BCUT2D eigenvalue weighted by atomic mass is 16.5. The third kappa shape index (κ3) is 2.67. The van der Waals surface area contributed by atoms with E-state index in [9.17, 15) is 0 Å². The van der Waals surface area contributed by atoms with Gasteiger partial charge in [-0.05, 0) is 5.92 Å². The van der Waals surface area contributed by atoms with E-state index in [4.69, 9.17) is 9.84 Å². The van der Waals surface area contributed by atoms with E-state index in [1.54, 1.807) is 7.11 Å². The normalized spacial score (nSPS) is 17.4. The van der Waals surface area contributed by atoms with Crippen molar-refractivity contribution in [2.75, 3.05) is 13.7 Å². The lowest BCUT2D eigenvalue weighted by Gasteiger charge is -2.24. The van der Waals surface area contributed by atoms with Crippen molar-refractivity contribution in [1.29, 1.82) is 0 Å². The predicted octanol–water partition coefficient (Wildman–Crippen LogP) is 1.29. The summed E-state index contributed by atoms with van der Waals surface area (Å²) in [6.07, 6.45) is 0.185. The monoisotopic (exact) mass is 146 g/mol. The van der Waals surface area contributed by atoms with Crippen molar-refractivity contribution in [2.24, 2.45) is 11.8 Å². The maximum Gasteiger partial charge on any atom is 0.0641 e. The highest BCUT2D eigenvalue weighted by Crippen LogP contribution is 2.14. The molecule has 0 heterocycles. The zero-order chi connectivity index (χ0) is 8.15. The van der Waals surface area contributed by atoms with Crippen LogP contribution in [0.5, 0.6) is 0 Å². The van der Waals surface area contributed by atoms with E-state index in [-0.39, 0.29) is 18.6 Å². The van der Waals surface area contributed by atoms with Gasteiger partial charge in [0.05, 0.1) is 6.10 Å². The minimum Gasteiger partial charge on any atom is -0.396 e. The highest BCUT2D eigenvalue weighted by molar-refractivity contribution is 4.67. The molecule has 10 heavy (non-hydrogen) atoms. The molecular formula is C8H18O2. The van der Waals surface area contributed by atoms with Crippen LogP contribution in [0.15, 0.2) is 0 Å². The van der Waals surface area contributed by atoms with Gasteiger partial charge >= 0.3 is 0 Å². The molecule has 0 amide bonds. The van der Waals surface area contributed by atoms with Crippen LogP contribution in [0.2, 0.25) is 0 Å².